The van der Waals surface area contributed by atoms with Gasteiger partial charge in [0.15, 0.2) is 0 Å². The van der Waals surface area contributed by atoms with Crippen molar-refractivity contribution in [3.8, 4) is 0 Å². The zero-order chi connectivity index (χ0) is 17.4. The quantitative estimate of drug-likeness (QED) is 0.756. The smallest absolute Gasteiger partial charge is 0.275 e. The highest BCUT2D eigenvalue weighted by Crippen LogP contribution is 2.29. The molecule has 1 aliphatic rings. The fourth-order valence-corrected chi connectivity index (χ4v) is 4.03. The molecule has 4 heterocycles. The number of fused-ring (bicyclic) bond motifs is 1. The lowest BCUT2D eigenvalue weighted by Gasteiger charge is -2.22. The van der Waals surface area contributed by atoms with Crippen LogP contribution < -0.4 is 15.8 Å². The minimum Gasteiger partial charge on any atom is -0.467 e. The van der Waals surface area contributed by atoms with E-state index in [1.54, 1.807) is 19.3 Å². The summed E-state index contributed by atoms with van der Waals surface area (Å²) in [7, 11) is 0. The SMILES string of the molecule is Cc1cc(=O)n2nc(N3CCCC3C(=O)NCc3ccco3)sc2n1. The number of aryl methyl sites for hydroxylation is 1. The van der Waals surface area contributed by atoms with Gasteiger partial charge < -0.3 is 14.6 Å². The predicted octanol–water partition coefficient (Wildman–Crippen LogP) is 1.34. The number of furan rings is 1. The first kappa shape index (κ1) is 15.8. The molecule has 130 valence electrons. The van der Waals surface area contributed by atoms with Gasteiger partial charge in [-0.15, -0.1) is 5.10 Å². The van der Waals surface area contributed by atoms with E-state index < -0.39 is 0 Å². The van der Waals surface area contributed by atoms with Crippen LogP contribution in [0.3, 0.4) is 0 Å². The number of nitrogens with zero attached hydrogens (tertiary/aromatic N) is 4. The molecule has 1 fully saturated rings. The molecule has 4 rings (SSSR count). The van der Waals surface area contributed by atoms with E-state index in [0.29, 0.717) is 28.1 Å². The number of amides is 1. The fourth-order valence-electron chi connectivity index (χ4n) is 3.00. The lowest BCUT2D eigenvalue weighted by atomic mass is 10.2. The fraction of sp³-hybridized carbons (Fsp3) is 0.375. The van der Waals surface area contributed by atoms with Crippen LogP contribution in [0.15, 0.2) is 33.7 Å². The number of hydrogen-bond acceptors (Lipinski definition) is 7. The van der Waals surface area contributed by atoms with E-state index in [9.17, 15) is 9.59 Å². The van der Waals surface area contributed by atoms with Gasteiger partial charge in [-0.25, -0.2) is 4.98 Å². The Morgan fingerprint density at radius 2 is 2.40 bits per heavy atom. The molecule has 1 atom stereocenters. The van der Waals surface area contributed by atoms with Crippen molar-refractivity contribution >= 4 is 27.3 Å². The first-order valence-corrected chi connectivity index (χ1v) is 8.88. The molecule has 0 saturated carbocycles. The average Bonchev–Trinajstić information content (AvgIpc) is 3.31. The third-order valence-electron chi connectivity index (χ3n) is 4.18. The molecule has 1 aliphatic heterocycles. The maximum Gasteiger partial charge on any atom is 0.275 e. The van der Waals surface area contributed by atoms with Crippen LogP contribution in [0.25, 0.3) is 4.96 Å². The van der Waals surface area contributed by atoms with Crippen LogP contribution >= 0.6 is 11.3 Å². The Morgan fingerprint density at radius 3 is 3.20 bits per heavy atom. The average molecular weight is 359 g/mol. The molecular formula is C16H17N5O3S. The largest absolute Gasteiger partial charge is 0.467 e. The highest BCUT2D eigenvalue weighted by atomic mass is 32.1. The van der Waals surface area contributed by atoms with Gasteiger partial charge in [0, 0.05) is 18.3 Å². The van der Waals surface area contributed by atoms with Crippen LogP contribution in [0.2, 0.25) is 0 Å². The summed E-state index contributed by atoms with van der Waals surface area (Å²) in [5.41, 5.74) is 0.456. The molecule has 1 N–H and O–H groups in total. The summed E-state index contributed by atoms with van der Waals surface area (Å²) in [5.74, 6) is 0.647. The Bertz CT molecular complexity index is 962. The lowest BCUT2D eigenvalue weighted by molar-refractivity contribution is -0.122. The van der Waals surface area contributed by atoms with Crippen molar-refractivity contribution in [2.45, 2.75) is 32.4 Å². The molecule has 9 heteroatoms. The second-order valence-corrected chi connectivity index (χ2v) is 6.90. The monoisotopic (exact) mass is 359 g/mol. The van der Waals surface area contributed by atoms with E-state index in [0.717, 1.165) is 19.4 Å². The van der Waals surface area contributed by atoms with Crippen LogP contribution in [-0.2, 0) is 11.3 Å². The molecule has 0 radical (unpaired) electrons. The summed E-state index contributed by atoms with van der Waals surface area (Å²) in [6.45, 7) is 2.87. The van der Waals surface area contributed by atoms with Gasteiger partial charge in [-0.3, -0.25) is 9.59 Å². The number of anilines is 1. The van der Waals surface area contributed by atoms with Crippen LogP contribution in [0.1, 0.15) is 24.3 Å². The third-order valence-corrected chi connectivity index (χ3v) is 5.13. The van der Waals surface area contributed by atoms with Crippen molar-refractivity contribution in [3.05, 3.63) is 46.3 Å². The van der Waals surface area contributed by atoms with Gasteiger partial charge >= 0.3 is 0 Å². The van der Waals surface area contributed by atoms with Crippen molar-refractivity contribution < 1.29 is 9.21 Å². The standard InChI is InChI=1S/C16H17N5O3S/c1-10-8-13(22)21-15(18-10)25-16(19-21)20-6-2-5-12(20)14(23)17-9-11-4-3-7-24-11/h3-4,7-8,12H,2,5-6,9H2,1H3,(H,17,23). The molecule has 1 amide bonds. The van der Waals surface area contributed by atoms with Crippen LogP contribution in [-0.4, -0.2) is 33.1 Å². The van der Waals surface area contributed by atoms with E-state index in [1.807, 2.05) is 11.0 Å². The van der Waals surface area contributed by atoms with Crippen molar-refractivity contribution in [3.63, 3.8) is 0 Å². The summed E-state index contributed by atoms with van der Waals surface area (Å²) in [6.07, 6.45) is 3.23. The third kappa shape index (κ3) is 3.02. The van der Waals surface area contributed by atoms with Gasteiger partial charge in [0.05, 0.1) is 12.8 Å². The normalized spacial score (nSPS) is 17.3. The Labute approximate surface area is 147 Å². The number of hydrogen-bond donors (Lipinski definition) is 1. The zero-order valence-electron chi connectivity index (χ0n) is 13.6. The molecule has 8 nitrogen and oxygen atoms in total. The topological polar surface area (TPSA) is 92.7 Å². The van der Waals surface area contributed by atoms with Crippen molar-refractivity contribution in [2.24, 2.45) is 0 Å². The van der Waals surface area contributed by atoms with Crippen molar-refractivity contribution in [1.82, 2.24) is 19.9 Å². The molecule has 0 bridgehead atoms. The lowest BCUT2D eigenvalue weighted by Crippen LogP contribution is -2.43. The molecule has 3 aromatic heterocycles. The molecule has 0 aromatic carbocycles. The molecule has 1 saturated heterocycles. The van der Waals surface area contributed by atoms with Gasteiger partial charge in [0.2, 0.25) is 16.0 Å². The Balaban J connectivity index is 1.55. The summed E-state index contributed by atoms with van der Waals surface area (Å²) in [4.78, 5) is 31.4. The Morgan fingerprint density at radius 1 is 1.52 bits per heavy atom. The van der Waals surface area contributed by atoms with Gasteiger partial charge in [0.1, 0.15) is 11.8 Å². The van der Waals surface area contributed by atoms with Gasteiger partial charge in [0.25, 0.3) is 5.56 Å². The highest BCUT2D eigenvalue weighted by Gasteiger charge is 2.33. The van der Waals surface area contributed by atoms with E-state index in [-0.39, 0.29) is 17.5 Å². The molecule has 25 heavy (non-hydrogen) atoms. The predicted molar refractivity (Wildman–Crippen MR) is 92.8 cm³/mol. The summed E-state index contributed by atoms with van der Waals surface area (Å²) in [6, 6.07) is 4.76. The number of nitrogens with one attached hydrogen (secondary N) is 1. The van der Waals surface area contributed by atoms with Crippen LogP contribution in [0.5, 0.6) is 0 Å². The minimum absolute atomic E-state index is 0.0651. The summed E-state index contributed by atoms with van der Waals surface area (Å²) >= 11 is 1.33. The minimum atomic E-state index is -0.299. The molecule has 0 spiro atoms. The van der Waals surface area contributed by atoms with Crippen molar-refractivity contribution in [2.75, 3.05) is 11.4 Å². The van der Waals surface area contributed by atoms with Gasteiger partial charge in [-0.05, 0) is 31.9 Å². The molecule has 0 aliphatic carbocycles. The number of carbonyl (C=O) groups is 1. The van der Waals surface area contributed by atoms with E-state index >= 15 is 0 Å². The molecule has 3 aromatic rings. The second-order valence-electron chi connectivity index (χ2n) is 5.96. The van der Waals surface area contributed by atoms with Crippen LogP contribution in [0.4, 0.5) is 5.13 Å². The first-order chi connectivity index (χ1) is 12.1. The Kier molecular flexibility index (Phi) is 4.00. The first-order valence-electron chi connectivity index (χ1n) is 8.06. The summed E-state index contributed by atoms with van der Waals surface area (Å²) in [5, 5.41) is 7.91. The summed E-state index contributed by atoms with van der Waals surface area (Å²) < 4.78 is 6.53. The number of aromatic nitrogens is 3. The van der Waals surface area contributed by atoms with Crippen LogP contribution in [0, 0.1) is 6.92 Å². The van der Waals surface area contributed by atoms with E-state index in [4.69, 9.17) is 4.42 Å². The van der Waals surface area contributed by atoms with Crippen molar-refractivity contribution in [1.29, 1.82) is 0 Å². The molecular weight excluding hydrogens is 342 g/mol. The number of carbonyl (C=O) groups excluding carboxylic acids is 1. The van der Waals surface area contributed by atoms with E-state index in [1.165, 1.54) is 21.9 Å². The number of rotatable bonds is 4. The van der Waals surface area contributed by atoms with E-state index in [2.05, 4.69) is 15.4 Å². The molecule has 1 unspecified atom stereocenters. The second kappa shape index (κ2) is 6.32. The maximum atomic E-state index is 12.6. The highest BCUT2D eigenvalue weighted by molar-refractivity contribution is 7.20. The van der Waals surface area contributed by atoms with Gasteiger partial charge in [-0.1, -0.05) is 11.3 Å². The van der Waals surface area contributed by atoms with Gasteiger partial charge in [-0.2, -0.15) is 4.52 Å². The Hall–Kier alpha value is -2.68. The maximum absolute atomic E-state index is 12.6. The zero-order valence-corrected chi connectivity index (χ0v) is 14.5.